The Labute approximate surface area is 211 Å². The number of aryl methyl sites for hydroxylation is 1. The quantitative estimate of drug-likeness (QED) is 0.464. The zero-order valence-corrected chi connectivity index (χ0v) is 21.3. The van der Waals surface area contributed by atoms with Crippen molar-refractivity contribution in [3.05, 3.63) is 64.4 Å². The lowest BCUT2D eigenvalue weighted by molar-refractivity contribution is -0.131. The van der Waals surface area contributed by atoms with E-state index in [-0.39, 0.29) is 18.4 Å². The molecule has 1 fully saturated rings. The first-order valence-corrected chi connectivity index (χ1v) is 13.2. The molecule has 3 aromatic rings. The van der Waals surface area contributed by atoms with Crippen molar-refractivity contribution < 1.29 is 9.59 Å². The summed E-state index contributed by atoms with van der Waals surface area (Å²) in [6.45, 7) is 7.68. The Kier molecular flexibility index (Phi) is 8.47. The zero-order valence-electron chi connectivity index (χ0n) is 20.5. The van der Waals surface area contributed by atoms with E-state index in [1.807, 2.05) is 34.5 Å². The van der Waals surface area contributed by atoms with Gasteiger partial charge in [0.25, 0.3) is 5.91 Å². The lowest BCUT2D eigenvalue weighted by Crippen LogP contribution is -2.44. The van der Waals surface area contributed by atoms with Crippen LogP contribution in [0.3, 0.4) is 0 Å². The van der Waals surface area contributed by atoms with Gasteiger partial charge in [-0.05, 0) is 43.3 Å². The van der Waals surface area contributed by atoms with Crippen LogP contribution in [0.4, 0.5) is 5.82 Å². The molecule has 7 nitrogen and oxygen atoms in total. The molecule has 3 heterocycles. The first kappa shape index (κ1) is 24.9. The van der Waals surface area contributed by atoms with Gasteiger partial charge in [0.2, 0.25) is 5.91 Å². The molecular formula is C27H33N5O2S. The fourth-order valence-electron chi connectivity index (χ4n) is 4.19. The topological polar surface area (TPSA) is 69.6 Å². The van der Waals surface area contributed by atoms with E-state index in [2.05, 4.69) is 53.2 Å². The van der Waals surface area contributed by atoms with Crippen molar-refractivity contribution in [2.24, 2.45) is 0 Å². The number of nitrogens with zero attached hydrogens (tertiary/aromatic N) is 5. The van der Waals surface area contributed by atoms with Gasteiger partial charge >= 0.3 is 0 Å². The third-order valence-corrected chi connectivity index (χ3v) is 7.16. The van der Waals surface area contributed by atoms with E-state index < -0.39 is 0 Å². The van der Waals surface area contributed by atoms with E-state index >= 15 is 0 Å². The number of unbranched alkanes of at least 4 members (excludes halogenated alkanes) is 1. The summed E-state index contributed by atoms with van der Waals surface area (Å²) in [6.07, 6.45) is 2.71. The molecule has 35 heavy (non-hydrogen) atoms. The van der Waals surface area contributed by atoms with Crippen LogP contribution in [0.2, 0.25) is 0 Å². The second kappa shape index (κ2) is 11.9. The molecule has 2 amide bonds. The van der Waals surface area contributed by atoms with Crippen molar-refractivity contribution in [1.82, 2.24) is 20.0 Å². The molecule has 0 bridgehead atoms. The maximum atomic E-state index is 13.2. The number of aromatic nitrogens is 2. The third-order valence-electron chi connectivity index (χ3n) is 6.30. The molecule has 0 spiro atoms. The molecule has 8 heteroatoms. The Morgan fingerprint density at radius 2 is 1.83 bits per heavy atom. The summed E-state index contributed by atoms with van der Waals surface area (Å²) < 4.78 is 0. The molecule has 0 radical (unpaired) electrons. The van der Waals surface area contributed by atoms with Gasteiger partial charge in [0.05, 0.1) is 10.6 Å². The largest absolute Gasteiger partial charge is 0.353 e. The first-order chi connectivity index (χ1) is 17.0. The second-order valence-corrected chi connectivity index (χ2v) is 9.87. The molecular weight excluding hydrogens is 458 g/mol. The Bertz CT molecular complexity index is 1100. The Hall–Kier alpha value is -3.26. The predicted octanol–water partition coefficient (Wildman–Crippen LogP) is 4.49. The summed E-state index contributed by atoms with van der Waals surface area (Å²) in [4.78, 5) is 32.5. The van der Waals surface area contributed by atoms with Gasteiger partial charge in [0.15, 0.2) is 5.82 Å². The van der Waals surface area contributed by atoms with Crippen molar-refractivity contribution in [2.75, 3.05) is 44.2 Å². The van der Waals surface area contributed by atoms with Crippen molar-refractivity contribution in [2.45, 2.75) is 33.1 Å². The Balaban J connectivity index is 1.36. The molecule has 1 aliphatic rings. The van der Waals surface area contributed by atoms with Gasteiger partial charge in [0, 0.05) is 38.3 Å². The molecule has 2 aromatic heterocycles. The average Bonchev–Trinajstić information content (AvgIpc) is 3.31. The van der Waals surface area contributed by atoms with Crippen LogP contribution in [-0.4, -0.2) is 71.1 Å². The molecule has 0 N–H and O–H groups in total. The average molecular weight is 492 g/mol. The van der Waals surface area contributed by atoms with Crippen molar-refractivity contribution in [1.29, 1.82) is 0 Å². The fourth-order valence-corrected chi connectivity index (χ4v) is 4.88. The zero-order chi connectivity index (χ0) is 24.6. The van der Waals surface area contributed by atoms with E-state index in [1.54, 1.807) is 4.90 Å². The van der Waals surface area contributed by atoms with Gasteiger partial charge in [-0.25, -0.2) is 0 Å². The van der Waals surface area contributed by atoms with Crippen LogP contribution in [0.1, 0.15) is 41.4 Å². The normalized spacial score (nSPS) is 14.0. The summed E-state index contributed by atoms with van der Waals surface area (Å²) in [5, 5.41) is 10.8. The highest BCUT2D eigenvalue weighted by molar-refractivity contribution is 7.12. The van der Waals surface area contributed by atoms with E-state index in [0.717, 1.165) is 42.9 Å². The second-order valence-electron chi connectivity index (χ2n) is 8.92. The Morgan fingerprint density at radius 3 is 2.51 bits per heavy atom. The monoisotopic (exact) mass is 491 g/mol. The number of hydrogen-bond acceptors (Lipinski definition) is 6. The highest BCUT2D eigenvalue weighted by Gasteiger charge is 2.25. The number of rotatable bonds is 8. The number of hydrogen-bond donors (Lipinski definition) is 0. The number of carbonyl (C=O) groups is 2. The Morgan fingerprint density at radius 1 is 1.00 bits per heavy atom. The van der Waals surface area contributed by atoms with E-state index in [1.165, 1.54) is 16.9 Å². The first-order valence-electron chi connectivity index (χ1n) is 12.3. The highest BCUT2D eigenvalue weighted by Crippen LogP contribution is 2.20. The minimum Gasteiger partial charge on any atom is -0.353 e. The summed E-state index contributed by atoms with van der Waals surface area (Å²) in [7, 11) is 0. The maximum absolute atomic E-state index is 13.2. The third kappa shape index (κ3) is 6.45. The SMILES string of the molecule is CCCCN(CC(=O)N1CCCN(c2ccc(-c3ccc(C)cc3)nn2)CC1)C(=O)c1cccs1. The van der Waals surface area contributed by atoms with E-state index in [9.17, 15) is 9.59 Å². The van der Waals surface area contributed by atoms with Crippen LogP contribution in [0.15, 0.2) is 53.9 Å². The highest BCUT2D eigenvalue weighted by atomic mass is 32.1. The summed E-state index contributed by atoms with van der Waals surface area (Å²) in [5.41, 5.74) is 3.11. The van der Waals surface area contributed by atoms with Crippen LogP contribution in [-0.2, 0) is 4.79 Å². The standard InChI is InChI=1S/C27H33N5O2S/c1-3-4-14-32(27(34)24-7-5-19-35-24)20-26(33)31-16-6-15-30(17-18-31)25-13-12-23(28-29-25)22-10-8-21(2)9-11-22/h5,7-13,19H,3-4,6,14-18,20H2,1-2H3. The van der Waals surface area contributed by atoms with Gasteiger partial charge < -0.3 is 14.7 Å². The molecule has 0 atom stereocenters. The molecule has 0 unspecified atom stereocenters. The van der Waals surface area contributed by atoms with Gasteiger partial charge in [-0.15, -0.1) is 21.5 Å². The molecule has 184 valence electrons. The van der Waals surface area contributed by atoms with Gasteiger partial charge in [-0.3, -0.25) is 9.59 Å². The summed E-state index contributed by atoms with van der Waals surface area (Å²) in [5.74, 6) is 0.781. The number of thiophene rings is 1. The number of carbonyl (C=O) groups excluding carboxylic acids is 2. The van der Waals surface area contributed by atoms with E-state index in [4.69, 9.17) is 0 Å². The lowest BCUT2D eigenvalue weighted by atomic mass is 10.1. The van der Waals surface area contributed by atoms with Crippen LogP contribution < -0.4 is 4.90 Å². The molecule has 0 saturated carbocycles. The minimum absolute atomic E-state index is 0.00802. The maximum Gasteiger partial charge on any atom is 0.264 e. The van der Waals surface area contributed by atoms with Crippen molar-refractivity contribution in [3.63, 3.8) is 0 Å². The fraction of sp³-hybridized carbons (Fsp3) is 0.407. The van der Waals surface area contributed by atoms with Crippen LogP contribution in [0.25, 0.3) is 11.3 Å². The summed E-state index contributed by atoms with van der Waals surface area (Å²) in [6, 6.07) is 16.0. The molecule has 1 saturated heterocycles. The lowest BCUT2D eigenvalue weighted by Gasteiger charge is -2.27. The van der Waals surface area contributed by atoms with E-state index in [0.29, 0.717) is 31.1 Å². The van der Waals surface area contributed by atoms with Crippen LogP contribution in [0, 0.1) is 6.92 Å². The number of anilines is 1. The van der Waals surface area contributed by atoms with Crippen LogP contribution >= 0.6 is 11.3 Å². The number of amides is 2. The van der Waals surface area contributed by atoms with Crippen molar-refractivity contribution >= 4 is 29.0 Å². The van der Waals surface area contributed by atoms with Gasteiger partial charge in [0.1, 0.15) is 6.54 Å². The summed E-state index contributed by atoms with van der Waals surface area (Å²) >= 11 is 1.42. The van der Waals surface area contributed by atoms with Crippen LogP contribution in [0.5, 0.6) is 0 Å². The minimum atomic E-state index is -0.0535. The van der Waals surface area contributed by atoms with Gasteiger partial charge in [-0.1, -0.05) is 49.2 Å². The smallest absolute Gasteiger partial charge is 0.264 e. The van der Waals surface area contributed by atoms with Gasteiger partial charge in [-0.2, -0.15) is 0 Å². The molecule has 1 aliphatic heterocycles. The predicted molar refractivity (Wildman–Crippen MR) is 141 cm³/mol. The molecule has 4 rings (SSSR count). The molecule has 0 aliphatic carbocycles. The number of benzene rings is 1. The van der Waals surface area contributed by atoms with Crippen molar-refractivity contribution in [3.8, 4) is 11.3 Å². The molecule has 1 aromatic carbocycles.